The number of rotatable bonds is 3. The van der Waals surface area contributed by atoms with Crippen LogP contribution < -0.4 is 4.90 Å². The van der Waals surface area contributed by atoms with E-state index in [2.05, 4.69) is 36.7 Å². The number of benzene rings is 2. The summed E-state index contributed by atoms with van der Waals surface area (Å²) in [5.74, 6) is -1.29. The van der Waals surface area contributed by atoms with Crippen LogP contribution in [0.4, 0.5) is 5.69 Å². The number of nitrogens with zero attached hydrogens (tertiary/aromatic N) is 1. The van der Waals surface area contributed by atoms with E-state index < -0.39 is 17.7 Å². The predicted molar refractivity (Wildman–Crippen MR) is 123 cm³/mol. The second kappa shape index (κ2) is 7.85. The molecule has 0 saturated carbocycles. The highest BCUT2D eigenvalue weighted by Crippen LogP contribution is 2.42. The molecule has 1 aromatic heterocycles. The standard InChI is InChI=1S/C25H22BrNO4/c1-25(2,3)16-8-12-18(13-9-16)27-21(19-5-4-14-31-19)20(23(29)24(27)30)22(28)15-6-10-17(26)11-7-15/h4-14,21,28H,1-3H3/b22-20-. The zero-order valence-electron chi connectivity index (χ0n) is 17.4. The molecule has 5 nitrogen and oxygen atoms in total. The molecule has 2 aromatic carbocycles. The van der Waals surface area contributed by atoms with Crippen LogP contribution in [0.2, 0.25) is 0 Å². The van der Waals surface area contributed by atoms with Crippen LogP contribution in [0.25, 0.3) is 5.76 Å². The van der Waals surface area contributed by atoms with Gasteiger partial charge in [0.05, 0.1) is 11.8 Å². The Balaban J connectivity index is 1.86. The van der Waals surface area contributed by atoms with Crippen LogP contribution in [0.15, 0.2) is 81.4 Å². The molecule has 1 unspecified atom stereocenters. The Morgan fingerprint density at radius 2 is 1.65 bits per heavy atom. The highest BCUT2D eigenvalue weighted by molar-refractivity contribution is 9.10. The van der Waals surface area contributed by atoms with Crippen molar-refractivity contribution in [2.75, 3.05) is 4.90 Å². The van der Waals surface area contributed by atoms with Gasteiger partial charge in [0.25, 0.3) is 11.7 Å². The lowest BCUT2D eigenvalue weighted by molar-refractivity contribution is -0.132. The van der Waals surface area contributed by atoms with Crippen LogP contribution in [-0.4, -0.2) is 16.8 Å². The first-order chi connectivity index (χ1) is 14.7. The normalized spacial score (nSPS) is 18.6. The molecule has 4 rings (SSSR count). The molecule has 1 atom stereocenters. The molecule has 2 heterocycles. The van der Waals surface area contributed by atoms with Crippen LogP contribution in [-0.2, 0) is 15.0 Å². The van der Waals surface area contributed by atoms with Crippen LogP contribution in [0.1, 0.15) is 43.7 Å². The lowest BCUT2D eigenvalue weighted by Crippen LogP contribution is -2.29. The summed E-state index contributed by atoms with van der Waals surface area (Å²) in [6, 6.07) is 17.0. The van der Waals surface area contributed by atoms with E-state index in [1.165, 1.54) is 11.2 Å². The number of aliphatic hydroxyl groups excluding tert-OH is 1. The summed E-state index contributed by atoms with van der Waals surface area (Å²) in [5, 5.41) is 11.0. The van der Waals surface area contributed by atoms with E-state index in [1.807, 2.05) is 24.3 Å². The van der Waals surface area contributed by atoms with Crippen LogP contribution in [0.3, 0.4) is 0 Å². The van der Waals surface area contributed by atoms with E-state index >= 15 is 0 Å². The number of halogens is 1. The zero-order valence-corrected chi connectivity index (χ0v) is 19.0. The van der Waals surface area contributed by atoms with Crippen molar-refractivity contribution >= 4 is 39.1 Å². The molecule has 0 radical (unpaired) electrons. The van der Waals surface area contributed by atoms with E-state index in [0.717, 1.165) is 10.0 Å². The molecule has 0 spiro atoms. The number of ketones is 1. The predicted octanol–water partition coefficient (Wildman–Crippen LogP) is 5.97. The van der Waals surface area contributed by atoms with Gasteiger partial charge in [0.2, 0.25) is 0 Å². The summed E-state index contributed by atoms with van der Waals surface area (Å²) in [5.41, 5.74) is 2.07. The fourth-order valence-electron chi connectivity index (χ4n) is 3.70. The Morgan fingerprint density at radius 3 is 2.19 bits per heavy atom. The Hall–Kier alpha value is -3.12. The number of Topliss-reactive ketones (excluding diaryl/α,β-unsaturated/α-hetero) is 1. The first-order valence-electron chi connectivity index (χ1n) is 9.89. The summed E-state index contributed by atoms with van der Waals surface area (Å²) < 4.78 is 6.42. The first-order valence-corrected chi connectivity index (χ1v) is 10.7. The Kier molecular flexibility index (Phi) is 5.35. The molecule has 158 valence electrons. The summed E-state index contributed by atoms with van der Waals surface area (Å²) in [7, 11) is 0. The van der Waals surface area contributed by atoms with E-state index in [-0.39, 0.29) is 16.7 Å². The molecule has 3 aromatic rings. The molecule has 1 aliphatic rings. The molecule has 31 heavy (non-hydrogen) atoms. The maximum atomic E-state index is 13.1. The zero-order chi connectivity index (χ0) is 22.3. The topological polar surface area (TPSA) is 70.8 Å². The minimum Gasteiger partial charge on any atom is -0.507 e. The quantitative estimate of drug-likeness (QED) is 0.285. The third-order valence-electron chi connectivity index (χ3n) is 5.39. The van der Waals surface area contributed by atoms with Crippen molar-refractivity contribution in [2.45, 2.75) is 32.2 Å². The van der Waals surface area contributed by atoms with E-state index in [0.29, 0.717) is 17.0 Å². The third-order valence-corrected chi connectivity index (χ3v) is 5.91. The maximum Gasteiger partial charge on any atom is 0.300 e. The summed E-state index contributed by atoms with van der Waals surface area (Å²) in [6.45, 7) is 6.32. The Morgan fingerprint density at radius 1 is 1.00 bits per heavy atom. The van der Waals surface area contributed by atoms with Gasteiger partial charge in [-0.05, 0) is 47.4 Å². The Bertz CT molecular complexity index is 1150. The second-order valence-electron chi connectivity index (χ2n) is 8.49. The summed E-state index contributed by atoms with van der Waals surface area (Å²) in [6.07, 6.45) is 1.48. The lowest BCUT2D eigenvalue weighted by atomic mass is 9.87. The first kappa shape index (κ1) is 21.1. The van der Waals surface area contributed by atoms with Gasteiger partial charge in [0, 0.05) is 15.7 Å². The number of carbonyl (C=O) groups is 2. The van der Waals surface area contributed by atoms with E-state index in [9.17, 15) is 14.7 Å². The lowest BCUT2D eigenvalue weighted by Gasteiger charge is -2.25. The minimum absolute atomic E-state index is 0.00201. The van der Waals surface area contributed by atoms with Gasteiger partial charge in [-0.1, -0.05) is 61.0 Å². The molecule has 1 N–H and O–H groups in total. The molecule has 0 aliphatic carbocycles. The fraction of sp³-hybridized carbons (Fsp3) is 0.200. The van der Waals surface area contributed by atoms with E-state index in [4.69, 9.17) is 4.42 Å². The number of aliphatic hydroxyl groups is 1. The molecular weight excluding hydrogens is 458 g/mol. The van der Waals surface area contributed by atoms with Gasteiger partial charge in [0.1, 0.15) is 17.6 Å². The maximum absolute atomic E-state index is 13.1. The van der Waals surface area contributed by atoms with Gasteiger partial charge in [0.15, 0.2) is 0 Å². The van der Waals surface area contributed by atoms with Gasteiger partial charge in [-0.2, -0.15) is 0 Å². The molecule has 1 amide bonds. The Labute approximate surface area is 189 Å². The van der Waals surface area contributed by atoms with Crippen LogP contribution in [0.5, 0.6) is 0 Å². The molecule has 0 bridgehead atoms. The monoisotopic (exact) mass is 479 g/mol. The highest BCUT2D eigenvalue weighted by Gasteiger charge is 2.48. The molecule has 6 heteroatoms. The summed E-state index contributed by atoms with van der Waals surface area (Å²) in [4.78, 5) is 27.5. The van der Waals surface area contributed by atoms with Crippen molar-refractivity contribution in [3.63, 3.8) is 0 Å². The van der Waals surface area contributed by atoms with Crippen LogP contribution >= 0.6 is 15.9 Å². The summed E-state index contributed by atoms with van der Waals surface area (Å²) >= 11 is 3.36. The molecule has 1 aliphatic heterocycles. The number of carbonyl (C=O) groups excluding carboxylic acids is 2. The van der Waals surface area contributed by atoms with Crippen molar-refractivity contribution in [1.82, 2.24) is 0 Å². The molecule has 1 fully saturated rings. The number of anilines is 1. The largest absolute Gasteiger partial charge is 0.507 e. The van der Waals surface area contributed by atoms with Crippen molar-refractivity contribution in [2.24, 2.45) is 0 Å². The number of amides is 1. The average Bonchev–Trinajstić information content (AvgIpc) is 3.35. The van der Waals surface area contributed by atoms with Gasteiger partial charge in [-0.3, -0.25) is 14.5 Å². The third kappa shape index (κ3) is 3.83. The van der Waals surface area contributed by atoms with Gasteiger partial charge in [-0.15, -0.1) is 0 Å². The van der Waals surface area contributed by atoms with Crippen LogP contribution in [0, 0.1) is 0 Å². The van der Waals surface area contributed by atoms with Crippen molar-refractivity contribution in [3.8, 4) is 0 Å². The van der Waals surface area contributed by atoms with Gasteiger partial charge < -0.3 is 9.52 Å². The van der Waals surface area contributed by atoms with Gasteiger partial charge in [-0.25, -0.2) is 0 Å². The average molecular weight is 480 g/mol. The van der Waals surface area contributed by atoms with E-state index in [1.54, 1.807) is 36.4 Å². The minimum atomic E-state index is -0.862. The second-order valence-corrected chi connectivity index (χ2v) is 9.40. The SMILES string of the molecule is CC(C)(C)c1ccc(N2C(=O)C(=O)/C(=C(\O)c3ccc(Br)cc3)C2c2ccco2)cc1. The fourth-order valence-corrected chi connectivity index (χ4v) is 3.96. The number of furan rings is 1. The number of hydrogen-bond acceptors (Lipinski definition) is 4. The number of hydrogen-bond donors (Lipinski definition) is 1. The van der Waals surface area contributed by atoms with Crippen molar-refractivity contribution < 1.29 is 19.1 Å². The van der Waals surface area contributed by atoms with Gasteiger partial charge >= 0.3 is 0 Å². The molecule has 1 saturated heterocycles. The van der Waals surface area contributed by atoms with Crippen molar-refractivity contribution in [3.05, 3.63) is 93.9 Å². The smallest absolute Gasteiger partial charge is 0.300 e. The highest BCUT2D eigenvalue weighted by atomic mass is 79.9. The van der Waals surface area contributed by atoms with Crippen molar-refractivity contribution in [1.29, 1.82) is 0 Å². The molecular formula is C25H22BrNO4.